The molecule has 0 aliphatic heterocycles. The zero-order valence-corrected chi connectivity index (χ0v) is 12.0. The summed E-state index contributed by atoms with van der Waals surface area (Å²) < 4.78 is 1.24. The minimum Gasteiger partial charge on any atom is -0.508 e. The van der Waals surface area contributed by atoms with Crippen LogP contribution in [0.25, 0.3) is 10.1 Å². The lowest BCUT2D eigenvalue weighted by Crippen LogP contribution is -2.23. The monoisotopic (exact) mass is 284 g/mol. The molecule has 3 aromatic rings. The summed E-state index contributed by atoms with van der Waals surface area (Å²) in [4.78, 5) is 0. The predicted molar refractivity (Wildman–Crippen MR) is 83.2 cm³/mol. The molecule has 102 valence electrons. The van der Waals surface area contributed by atoms with Gasteiger partial charge >= 0.3 is 0 Å². The van der Waals surface area contributed by atoms with E-state index in [2.05, 4.69) is 17.5 Å². The van der Waals surface area contributed by atoms with Crippen molar-refractivity contribution < 1.29 is 10.2 Å². The maximum atomic E-state index is 10.7. The van der Waals surface area contributed by atoms with Crippen LogP contribution in [0.3, 0.4) is 0 Å². The van der Waals surface area contributed by atoms with Crippen molar-refractivity contribution in [3.8, 4) is 5.75 Å². The highest BCUT2D eigenvalue weighted by Crippen LogP contribution is 2.32. The Morgan fingerprint density at radius 3 is 2.50 bits per heavy atom. The predicted octanol–water partition coefficient (Wildman–Crippen LogP) is 4.06. The molecule has 0 amide bonds. The molecule has 0 fully saturated rings. The van der Waals surface area contributed by atoms with Gasteiger partial charge in [0.2, 0.25) is 0 Å². The van der Waals surface area contributed by atoms with E-state index in [1.165, 1.54) is 10.1 Å². The van der Waals surface area contributed by atoms with E-state index >= 15 is 0 Å². The molecular weight excluding hydrogens is 268 g/mol. The SMILES string of the molecule is CC(O)(Cc1csc2ccccc12)c1ccc(O)cc1. The summed E-state index contributed by atoms with van der Waals surface area (Å²) in [6.07, 6.45) is 0.557. The van der Waals surface area contributed by atoms with Crippen molar-refractivity contribution in [1.82, 2.24) is 0 Å². The van der Waals surface area contributed by atoms with Crippen LogP contribution >= 0.6 is 11.3 Å². The number of aliphatic hydroxyl groups is 1. The lowest BCUT2D eigenvalue weighted by atomic mass is 9.89. The number of hydrogen-bond donors (Lipinski definition) is 2. The summed E-state index contributed by atoms with van der Waals surface area (Å²) >= 11 is 1.70. The van der Waals surface area contributed by atoms with Crippen molar-refractivity contribution in [1.29, 1.82) is 0 Å². The van der Waals surface area contributed by atoms with E-state index < -0.39 is 5.60 Å². The molecule has 1 heterocycles. The van der Waals surface area contributed by atoms with Crippen LogP contribution in [0.5, 0.6) is 5.75 Å². The Morgan fingerprint density at radius 1 is 1.05 bits per heavy atom. The number of aromatic hydroxyl groups is 1. The van der Waals surface area contributed by atoms with Crippen LogP contribution in [0, 0.1) is 0 Å². The Hall–Kier alpha value is -1.84. The van der Waals surface area contributed by atoms with E-state index in [-0.39, 0.29) is 5.75 Å². The molecule has 2 N–H and O–H groups in total. The molecule has 2 aromatic carbocycles. The first kappa shape index (κ1) is 13.2. The largest absolute Gasteiger partial charge is 0.508 e. The number of fused-ring (bicyclic) bond motifs is 1. The van der Waals surface area contributed by atoms with Gasteiger partial charge in [-0.3, -0.25) is 0 Å². The van der Waals surface area contributed by atoms with E-state index in [0.29, 0.717) is 6.42 Å². The van der Waals surface area contributed by atoms with Crippen LogP contribution in [0.4, 0.5) is 0 Å². The molecule has 3 heteroatoms. The first-order valence-electron chi connectivity index (χ1n) is 6.53. The standard InChI is InChI=1S/C17H16O2S/c1-17(19,13-6-8-14(18)9-7-13)10-12-11-20-16-5-3-2-4-15(12)16/h2-9,11,18-19H,10H2,1H3. The van der Waals surface area contributed by atoms with Crippen LogP contribution in [0.15, 0.2) is 53.9 Å². The molecule has 0 saturated carbocycles. The lowest BCUT2D eigenvalue weighted by Gasteiger charge is -2.23. The van der Waals surface area contributed by atoms with E-state index in [0.717, 1.165) is 11.1 Å². The van der Waals surface area contributed by atoms with Crippen LogP contribution in [0.1, 0.15) is 18.1 Å². The van der Waals surface area contributed by atoms with E-state index in [4.69, 9.17) is 0 Å². The van der Waals surface area contributed by atoms with Crippen LogP contribution in [-0.2, 0) is 12.0 Å². The number of thiophene rings is 1. The molecule has 20 heavy (non-hydrogen) atoms. The molecule has 1 unspecified atom stereocenters. The summed E-state index contributed by atoms with van der Waals surface area (Å²) in [7, 11) is 0. The summed E-state index contributed by atoms with van der Waals surface area (Å²) in [5.74, 6) is 0.213. The third-order valence-corrected chi connectivity index (χ3v) is 4.60. The summed E-state index contributed by atoms with van der Waals surface area (Å²) in [5, 5.41) is 23.4. The highest BCUT2D eigenvalue weighted by atomic mass is 32.1. The maximum absolute atomic E-state index is 10.7. The zero-order valence-electron chi connectivity index (χ0n) is 11.2. The van der Waals surface area contributed by atoms with Crippen molar-refractivity contribution in [2.45, 2.75) is 18.9 Å². The molecule has 0 bridgehead atoms. The van der Waals surface area contributed by atoms with Gasteiger partial charge < -0.3 is 10.2 Å². The number of rotatable bonds is 3. The van der Waals surface area contributed by atoms with Crippen molar-refractivity contribution in [2.24, 2.45) is 0 Å². The second-order valence-electron chi connectivity index (χ2n) is 5.25. The molecule has 0 aliphatic carbocycles. The highest BCUT2D eigenvalue weighted by molar-refractivity contribution is 7.17. The van der Waals surface area contributed by atoms with Gasteiger partial charge in [-0.15, -0.1) is 11.3 Å². The Kier molecular flexibility index (Phi) is 3.24. The quantitative estimate of drug-likeness (QED) is 0.761. The summed E-state index contributed by atoms with van der Waals surface area (Å²) in [6, 6.07) is 15.0. The Morgan fingerprint density at radius 2 is 1.75 bits per heavy atom. The fourth-order valence-electron chi connectivity index (χ4n) is 2.46. The highest BCUT2D eigenvalue weighted by Gasteiger charge is 2.24. The lowest BCUT2D eigenvalue weighted by molar-refractivity contribution is 0.0580. The second-order valence-corrected chi connectivity index (χ2v) is 6.17. The number of benzene rings is 2. The first-order chi connectivity index (χ1) is 9.56. The van der Waals surface area contributed by atoms with Gasteiger partial charge in [0.15, 0.2) is 0 Å². The first-order valence-corrected chi connectivity index (χ1v) is 7.41. The van der Waals surface area contributed by atoms with Crippen LogP contribution < -0.4 is 0 Å². The van der Waals surface area contributed by atoms with Gasteiger partial charge in [-0.2, -0.15) is 0 Å². The van der Waals surface area contributed by atoms with Gasteiger partial charge in [-0.25, -0.2) is 0 Å². The van der Waals surface area contributed by atoms with Crippen LogP contribution in [0.2, 0.25) is 0 Å². The van der Waals surface area contributed by atoms with Crippen LogP contribution in [-0.4, -0.2) is 10.2 Å². The van der Waals surface area contributed by atoms with E-state index in [9.17, 15) is 10.2 Å². The Balaban J connectivity index is 1.94. The van der Waals surface area contributed by atoms with Crippen molar-refractivity contribution in [3.05, 3.63) is 65.0 Å². The third-order valence-electron chi connectivity index (χ3n) is 3.59. The molecular formula is C17H16O2S. The minimum absolute atomic E-state index is 0.213. The fraction of sp³-hybridized carbons (Fsp3) is 0.176. The number of phenols is 1. The molecule has 3 rings (SSSR count). The molecule has 2 nitrogen and oxygen atoms in total. The average molecular weight is 284 g/mol. The molecule has 0 spiro atoms. The smallest absolute Gasteiger partial charge is 0.115 e. The van der Waals surface area contributed by atoms with Gasteiger partial charge in [0, 0.05) is 11.1 Å². The van der Waals surface area contributed by atoms with Crippen molar-refractivity contribution in [2.75, 3.05) is 0 Å². The van der Waals surface area contributed by atoms with Gasteiger partial charge in [-0.05, 0) is 47.0 Å². The van der Waals surface area contributed by atoms with Gasteiger partial charge in [-0.1, -0.05) is 30.3 Å². The van der Waals surface area contributed by atoms with E-state index in [1.54, 1.807) is 35.6 Å². The van der Waals surface area contributed by atoms with E-state index in [1.807, 2.05) is 19.1 Å². The molecule has 0 saturated heterocycles. The fourth-order valence-corrected chi connectivity index (χ4v) is 3.43. The average Bonchev–Trinajstić information content (AvgIpc) is 2.82. The van der Waals surface area contributed by atoms with Crippen molar-refractivity contribution >= 4 is 21.4 Å². The molecule has 0 aliphatic rings. The number of phenolic OH excluding ortho intramolecular Hbond substituents is 1. The second kappa shape index (κ2) is 4.93. The molecule has 1 atom stereocenters. The number of hydrogen-bond acceptors (Lipinski definition) is 3. The van der Waals surface area contributed by atoms with Gasteiger partial charge in [0.1, 0.15) is 5.75 Å². The molecule has 1 aromatic heterocycles. The maximum Gasteiger partial charge on any atom is 0.115 e. The summed E-state index contributed by atoms with van der Waals surface area (Å²) in [5.41, 5.74) is 1.02. The van der Waals surface area contributed by atoms with Gasteiger partial charge in [0.25, 0.3) is 0 Å². The van der Waals surface area contributed by atoms with Crippen molar-refractivity contribution in [3.63, 3.8) is 0 Å². The summed E-state index contributed by atoms with van der Waals surface area (Å²) in [6.45, 7) is 1.81. The topological polar surface area (TPSA) is 40.5 Å². The van der Waals surface area contributed by atoms with Gasteiger partial charge in [0.05, 0.1) is 5.60 Å². The Bertz CT molecular complexity index is 726. The zero-order chi connectivity index (χ0) is 14.2. The minimum atomic E-state index is -0.947. The Labute approximate surface area is 121 Å². The third kappa shape index (κ3) is 2.42. The molecule has 0 radical (unpaired) electrons. The normalized spacial score (nSPS) is 14.3.